The van der Waals surface area contributed by atoms with Gasteiger partial charge in [0.15, 0.2) is 5.65 Å². The molecule has 2 heterocycles. The number of imidazole rings is 1. The second-order valence-electron chi connectivity index (χ2n) is 4.37. The summed E-state index contributed by atoms with van der Waals surface area (Å²) < 4.78 is 1.95. The Balaban J connectivity index is 2.26. The average Bonchev–Trinajstić information content (AvgIpc) is 2.80. The number of hydrogen-bond donors (Lipinski definition) is 1. The summed E-state index contributed by atoms with van der Waals surface area (Å²) >= 11 is 12.1. The van der Waals surface area contributed by atoms with Gasteiger partial charge in [-0.05, 0) is 37.3 Å². The lowest BCUT2D eigenvalue weighted by molar-refractivity contribution is 1.10. The fraction of sp³-hybridized carbons (Fsp3) is 0.0714. The van der Waals surface area contributed by atoms with Crippen LogP contribution in [0.25, 0.3) is 16.9 Å². The molecule has 2 N–H and O–H groups in total. The number of nitrogen functional groups attached to an aromatic ring is 1. The van der Waals surface area contributed by atoms with Crippen molar-refractivity contribution in [2.45, 2.75) is 6.92 Å². The molecular formula is C14H11Cl2N3. The Morgan fingerprint density at radius 2 is 1.95 bits per heavy atom. The first kappa shape index (κ1) is 12.3. The monoisotopic (exact) mass is 291 g/mol. The van der Waals surface area contributed by atoms with Crippen LogP contribution in [0.2, 0.25) is 10.0 Å². The lowest BCUT2D eigenvalue weighted by atomic mass is 10.2. The molecule has 19 heavy (non-hydrogen) atoms. The third-order valence-electron chi connectivity index (χ3n) is 3.06. The maximum absolute atomic E-state index is 6.21. The Bertz CT molecular complexity index is 739. The minimum Gasteiger partial charge on any atom is -0.396 e. The highest BCUT2D eigenvalue weighted by molar-refractivity contribution is 6.36. The van der Waals surface area contributed by atoms with E-state index in [1.807, 2.05) is 35.7 Å². The van der Waals surface area contributed by atoms with Crippen molar-refractivity contribution in [1.82, 2.24) is 9.38 Å². The Hall–Kier alpha value is -1.71. The maximum Gasteiger partial charge on any atom is 0.160 e. The van der Waals surface area contributed by atoms with Crippen LogP contribution in [0.3, 0.4) is 0 Å². The molecule has 0 radical (unpaired) electrons. The predicted octanol–water partition coefficient (Wildman–Crippen LogP) is 4.20. The SMILES string of the molecule is Cc1ccc(N)c2nc(-c3ccc(Cl)cc3Cl)cn12. The molecule has 0 spiro atoms. The molecule has 0 saturated heterocycles. The van der Waals surface area contributed by atoms with Crippen molar-refractivity contribution in [2.75, 3.05) is 5.73 Å². The van der Waals surface area contributed by atoms with Crippen molar-refractivity contribution in [3.63, 3.8) is 0 Å². The van der Waals surface area contributed by atoms with Crippen LogP contribution < -0.4 is 5.73 Å². The first-order valence-corrected chi connectivity index (χ1v) is 6.51. The quantitative estimate of drug-likeness (QED) is 0.730. The minimum atomic E-state index is 0.576. The molecule has 3 nitrogen and oxygen atoms in total. The van der Waals surface area contributed by atoms with Crippen LogP contribution in [-0.2, 0) is 0 Å². The van der Waals surface area contributed by atoms with Crippen LogP contribution in [0.15, 0.2) is 36.5 Å². The normalized spacial score (nSPS) is 11.1. The highest BCUT2D eigenvalue weighted by Gasteiger charge is 2.11. The van der Waals surface area contributed by atoms with E-state index in [1.165, 1.54) is 0 Å². The number of hydrogen-bond acceptors (Lipinski definition) is 2. The van der Waals surface area contributed by atoms with E-state index in [-0.39, 0.29) is 0 Å². The third-order valence-corrected chi connectivity index (χ3v) is 3.60. The average molecular weight is 292 g/mol. The van der Waals surface area contributed by atoms with Crippen molar-refractivity contribution < 1.29 is 0 Å². The zero-order valence-corrected chi connectivity index (χ0v) is 11.7. The molecular weight excluding hydrogens is 281 g/mol. The number of nitrogens with two attached hydrogens (primary N) is 1. The standard InChI is InChI=1S/C14H11Cl2N3/c1-8-2-5-12(17)14-18-13(7-19(8)14)10-4-3-9(15)6-11(10)16/h2-7H,17H2,1H3. The molecule has 5 heteroatoms. The molecule has 0 saturated carbocycles. The van der Waals surface area contributed by atoms with Gasteiger partial charge in [-0.1, -0.05) is 23.2 Å². The first-order valence-electron chi connectivity index (χ1n) is 5.76. The zero-order chi connectivity index (χ0) is 13.6. The van der Waals surface area contributed by atoms with Gasteiger partial charge < -0.3 is 10.1 Å². The van der Waals surface area contributed by atoms with E-state index in [4.69, 9.17) is 28.9 Å². The van der Waals surface area contributed by atoms with Crippen molar-refractivity contribution in [3.8, 4) is 11.3 Å². The maximum atomic E-state index is 6.21. The highest BCUT2D eigenvalue weighted by atomic mass is 35.5. The summed E-state index contributed by atoms with van der Waals surface area (Å²) in [5.41, 5.74) is 10.0. The van der Waals surface area contributed by atoms with Gasteiger partial charge in [0.05, 0.1) is 16.4 Å². The summed E-state index contributed by atoms with van der Waals surface area (Å²) in [6.07, 6.45) is 1.93. The van der Waals surface area contributed by atoms with Gasteiger partial charge in [-0.2, -0.15) is 0 Å². The van der Waals surface area contributed by atoms with Gasteiger partial charge >= 0.3 is 0 Å². The van der Waals surface area contributed by atoms with E-state index in [2.05, 4.69) is 4.98 Å². The number of anilines is 1. The fourth-order valence-corrected chi connectivity index (χ4v) is 2.55. The van der Waals surface area contributed by atoms with Crippen LogP contribution in [0.5, 0.6) is 0 Å². The molecule has 3 aromatic rings. The number of pyridine rings is 1. The first-order chi connectivity index (χ1) is 9.06. The Kier molecular flexibility index (Phi) is 2.88. The molecule has 0 atom stereocenters. The Morgan fingerprint density at radius 3 is 2.63 bits per heavy atom. The molecule has 0 amide bonds. The Labute approximate surface area is 120 Å². The Morgan fingerprint density at radius 1 is 1.16 bits per heavy atom. The molecule has 96 valence electrons. The van der Waals surface area contributed by atoms with Gasteiger partial charge in [0.1, 0.15) is 0 Å². The van der Waals surface area contributed by atoms with E-state index in [9.17, 15) is 0 Å². The zero-order valence-electron chi connectivity index (χ0n) is 10.2. The second-order valence-corrected chi connectivity index (χ2v) is 5.22. The summed E-state index contributed by atoms with van der Waals surface area (Å²) in [5.74, 6) is 0. The van der Waals surface area contributed by atoms with E-state index in [0.717, 1.165) is 22.6 Å². The van der Waals surface area contributed by atoms with E-state index in [0.29, 0.717) is 15.7 Å². The molecule has 0 aliphatic rings. The van der Waals surface area contributed by atoms with Gasteiger partial charge in [-0.15, -0.1) is 0 Å². The predicted molar refractivity (Wildman–Crippen MR) is 79.8 cm³/mol. The highest BCUT2D eigenvalue weighted by Crippen LogP contribution is 2.30. The van der Waals surface area contributed by atoms with Gasteiger partial charge in [-0.25, -0.2) is 4.98 Å². The van der Waals surface area contributed by atoms with E-state index >= 15 is 0 Å². The van der Waals surface area contributed by atoms with Crippen LogP contribution in [-0.4, -0.2) is 9.38 Å². The van der Waals surface area contributed by atoms with Crippen molar-refractivity contribution >= 4 is 34.5 Å². The summed E-state index contributed by atoms with van der Waals surface area (Å²) in [5, 5.41) is 1.18. The molecule has 0 aliphatic heterocycles. The second kappa shape index (κ2) is 4.44. The number of nitrogens with zero attached hydrogens (tertiary/aromatic N) is 2. The molecule has 0 aliphatic carbocycles. The summed E-state index contributed by atoms with van der Waals surface area (Å²) in [4.78, 5) is 4.54. The molecule has 1 aromatic carbocycles. The number of halogens is 2. The molecule has 2 aromatic heterocycles. The van der Waals surface area contributed by atoms with Gasteiger partial charge in [-0.3, -0.25) is 0 Å². The van der Waals surface area contributed by atoms with Crippen LogP contribution in [0.4, 0.5) is 5.69 Å². The summed E-state index contributed by atoms with van der Waals surface area (Å²) in [7, 11) is 0. The molecule has 3 rings (SSSR count). The van der Waals surface area contributed by atoms with Gasteiger partial charge in [0, 0.05) is 22.5 Å². The van der Waals surface area contributed by atoms with E-state index in [1.54, 1.807) is 12.1 Å². The number of fused-ring (bicyclic) bond motifs is 1. The van der Waals surface area contributed by atoms with Crippen molar-refractivity contribution in [2.24, 2.45) is 0 Å². The fourth-order valence-electron chi connectivity index (χ4n) is 2.04. The number of aryl methyl sites for hydroxylation is 1. The van der Waals surface area contributed by atoms with Crippen molar-refractivity contribution in [3.05, 3.63) is 52.3 Å². The number of rotatable bonds is 1. The summed E-state index contributed by atoms with van der Waals surface area (Å²) in [6.45, 7) is 2.00. The molecule has 0 unspecified atom stereocenters. The van der Waals surface area contributed by atoms with Gasteiger partial charge in [0.25, 0.3) is 0 Å². The topological polar surface area (TPSA) is 43.3 Å². The minimum absolute atomic E-state index is 0.576. The largest absolute Gasteiger partial charge is 0.396 e. The summed E-state index contributed by atoms with van der Waals surface area (Å²) in [6, 6.07) is 9.17. The lowest BCUT2D eigenvalue weighted by Crippen LogP contribution is -1.94. The molecule has 0 bridgehead atoms. The number of benzene rings is 1. The van der Waals surface area contributed by atoms with E-state index < -0.39 is 0 Å². The van der Waals surface area contributed by atoms with Crippen molar-refractivity contribution in [1.29, 1.82) is 0 Å². The number of aromatic nitrogens is 2. The van der Waals surface area contributed by atoms with Crippen LogP contribution in [0, 0.1) is 6.92 Å². The van der Waals surface area contributed by atoms with Crippen LogP contribution >= 0.6 is 23.2 Å². The smallest absolute Gasteiger partial charge is 0.160 e. The van der Waals surface area contributed by atoms with Crippen LogP contribution in [0.1, 0.15) is 5.69 Å². The third kappa shape index (κ3) is 2.05. The van der Waals surface area contributed by atoms with Gasteiger partial charge in [0.2, 0.25) is 0 Å². The molecule has 0 fully saturated rings. The lowest BCUT2D eigenvalue weighted by Gasteiger charge is -2.00.